The number of rotatable bonds is 2. The largest absolute Gasteiger partial charge is 0.384 e. The van der Waals surface area contributed by atoms with Gasteiger partial charge in [-0.3, -0.25) is 0 Å². The van der Waals surface area contributed by atoms with Crippen LogP contribution in [0, 0.1) is 0 Å². The molecule has 104 valence electrons. The summed E-state index contributed by atoms with van der Waals surface area (Å²) in [4.78, 5) is 0. The molecule has 0 amide bonds. The molecule has 0 fully saturated rings. The van der Waals surface area contributed by atoms with Gasteiger partial charge < -0.3 is 5.32 Å². The minimum absolute atomic E-state index is 0.777. The van der Waals surface area contributed by atoms with E-state index in [2.05, 4.69) is 51.2 Å². The highest BCUT2D eigenvalue weighted by molar-refractivity contribution is 5.73. The minimum Gasteiger partial charge on any atom is -0.384 e. The van der Waals surface area contributed by atoms with Crippen molar-refractivity contribution in [3.8, 4) is 22.5 Å². The zero-order valence-corrected chi connectivity index (χ0v) is 11.7. The number of aryl methyl sites for hydroxylation is 1. The van der Waals surface area contributed by atoms with Crippen molar-refractivity contribution in [3.63, 3.8) is 0 Å². The molecule has 5 heteroatoms. The molecule has 1 N–H and O–H groups in total. The SMILES string of the molecule is Cn1nnnc1-c1cccc(-c2ccc3c(c2)CCN3)c1. The van der Waals surface area contributed by atoms with Crippen LogP contribution >= 0.6 is 0 Å². The lowest BCUT2D eigenvalue weighted by molar-refractivity contribution is 0.715. The summed E-state index contributed by atoms with van der Waals surface area (Å²) in [6.07, 6.45) is 1.09. The van der Waals surface area contributed by atoms with Gasteiger partial charge in [0.2, 0.25) is 0 Å². The van der Waals surface area contributed by atoms with Gasteiger partial charge in [0.25, 0.3) is 0 Å². The van der Waals surface area contributed by atoms with Gasteiger partial charge in [-0.2, -0.15) is 0 Å². The maximum Gasteiger partial charge on any atom is 0.181 e. The summed E-state index contributed by atoms with van der Waals surface area (Å²) in [7, 11) is 1.85. The highest BCUT2D eigenvalue weighted by Gasteiger charge is 2.12. The van der Waals surface area contributed by atoms with E-state index < -0.39 is 0 Å². The van der Waals surface area contributed by atoms with Gasteiger partial charge in [-0.1, -0.05) is 24.3 Å². The molecule has 0 radical (unpaired) electrons. The molecule has 5 nitrogen and oxygen atoms in total. The first-order valence-electron chi connectivity index (χ1n) is 7.01. The monoisotopic (exact) mass is 277 g/mol. The number of anilines is 1. The average molecular weight is 277 g/mol. The van der Waals surface area contributed by atoms with Gasteiger partial charge in [-0.05, 0) is 51.7 Å². The molecule has 2 heterocycles. The molecule has 4 rings (SSSR count). The molecular weight excluding hydrogens is 262 g/mol. The molecule has 1 aromatic heterocycles. The normalized spacial score (nSPS) is 13.0. The van der Waals surface area contributed by atoms with E-state index >= 15 is 0 Å². The van der Waals surface area contributed by atoms with Gasteiger partial charge >= 0.3 is 0 Å². The van der Waals surface area contributed by atoms with Crippen molar-refractivity contribution >= 4 is 5.69 Å². The van der Waals surface area contributed by atoms with Crippen LogP contribution in [0.5, 0.6) is 0 Å². The standard InChI is InChI=1S/C16H15N5/c1-21-16(18-19-20-21)14-4-2-3-11(10-14)12-5-6-15-13(9-12)7-8-17-15/h2-6,9-10,17H,7-8H2,1H3. The van der Waals surface area contributed by atoms with Crippen molar-refractivity contribution in [1.29, 1.82) is 0 Å². The Bertz CT molecular complexity index is 806. The summed E-state index contributed by atoms with van der Waals surface area (Å²) in [6, 6.07) is 14.9. The van der Waals surface area contributed by atoms with Gasteiger partial charge in [0.05, 0.1) is 0 Å². The number of nitrogens with one attached hydrogen (secondary N) is 1. The molecule has 1 aliphatic heterocycles. The predicted molar refractivity (Wildman–Crippen MR) is 81.9 cm³/mol. The summed E-state index contributed by atoms with van der Waals surface area (Å²) < 4.78 is 1.69. The van der Waals surface area contributed by atoms with E-state index in [4.69, 9.17) is 0 Å². The van der Waals surface area contributed by atoms with Crippen LogP contribution in [0.15, 0.2) is 42.5 Å². The van der Waals surface area contributed by atoms with Gasteiger partial charge in [0.15, 0.2) is 5.82 Å². The summed E-state index contributed by atoms with van der Waals surface area (Å²) in [6.45, 7) is 1.03. The van der Waals surface area contributed by atoms with Crippen LogP contribution in [0.1, 0.15) is 5.56 Å². The summed E-state index contributed by atoms with van der Waals surface area (Å²) in [5.41, 5.74) is 6.09. The van der Waals surface area contributed by atoms with Crippen molar-refractivity contribution < 1.29 is 0 Å². The van der Waals surface area contributed by atoms with Gasteiger partial charge in [0, 0.05) is 24.8 Å². The average Bonchev–Trinajstić information content (AvgIpc) is 3.15. The van der Waals surface area contributed by atoms with Crippen molar-refractivity contribution in [1.82, 2.24) is 20.2 Å². The van der Waals surface area contributed by atoms with Crippen LogP contribution in [-0.4, -0.2) is 26.8 Å². The molecule has 0 unspecified atom stereocenters. The first kappa shape index (κ1) is 12.1. The molecule has 0 saturated carbocycles. The van der Waals surface area contributed by atoms with E-state index in [1.165, 1.54) is 22.4 Å². The number of hydrogen-bond acceptors (Lipinski definition) is 4. The molecular formula is C16H15N5. The second-order valence-electron chi connectivity index (χ2n) is 5.26. The zero-order valence-electron chi connectivity index (χ0n) is 11.7. The van der Waals surface area contributed by atoms with Crippen LogP contribution in [0.3, 0.4) is 0 Å². The first-order chi connectivity index (χ1) is 10.3. The molecule has 21 heavy (non-hydrogen) atoms. The lowest BCUT2D eigenvalue weighted by atomic mass is 10.00. The highest BCUT2D eigenvalue weighted by atomic mass is 15.5. The predicted octanol–water partition coefficient (Wildman–Crippen LogP) is 2.51. The Hall–Kier alpha value is -2.69. The number of tetrazole rings is 1. The van der Waals surface area contributed by atoms with Gasteiger partial charge in [-0.25, -0.2) is 4.68 Å². The Morgan fingerprint density at radius 1 is 1.05 bits per heavy atom. The Morgan fingerprint density at radius 2 is 1.90 bits per heavy atom. The number of benzene rings is 2. The highest BCUT2D eigenvalue weighted by Crippen LogP contribution is 2.30. The topological polar surface area (TPSA) is 55.6 Å². The van der Waals surface area contributed by atoms with Gasteiger partial charge in [-0.15, -0.1) is 5.10 Å². The molecule has 0 spiro atoms. The Labute approximate surface area is 122 Å². The van der Waals surface area contributed by atoms with E-state index in [0.29, 0.717) is 0 Å². The van der Waals surface area contributed by atoms with Crippen molar-refractivity contribution in [2.75, 3.05) is 11.9 Å². The molecule has 0 atom stereocenters. The van der Waals surface area contributed by atoms with Crippen LogP contribution in [0.4, 0.5) is 5.69 Å². The first-order valence-corrected chi connectivity index (χ1v) is 7.01. The van der Waals surface area contributed by atoms with Crippen LogP contribution < -0.4 is 5.32 Å². The Morgan fingerprint density at radius 3 is 2.76 bits per heavy atom. The minimum atomic E-state index is 0.777. The fourth-order valence-electron chi connectivity index (χ4n) is 2.80. The third-order valence-electron chi connectivity index (χ3n) is 3.89. The zero-order chi connectivity index (χ0) is 14.2. The maximum absolute atomic E-state index is 4.07. The second kappa shape index (κ2) is 4.70. The summed E-state index contributed by atoms with van der Waals surface area (Å²) in [5, 5.41) is 15.1. The summed E-state index contributed by atoms with van der Waals surface area (Å²) >= 11 is 0. The van der Waals surface area contributed by atoms with Gasteiger partial charge in [0.1, 0.15) is 0 Å². The smallest absolute Gasteiger partial charge is 0.181 e. The summed E-state index contributed by atoms with van der Waals surface area (Å²) in [5.74, 6) is 0.777. The number of aromatic nitrogens is 4. The van der Waals surface area contributed by atoms with E-state index in [0.717, 1.165) is 24.4 Å². The third-order valence-corrected chi connectivity index (χ3v) is 3.89. The van der Waals surface area contributed by atoms with E-state index in [-0.39, 0.29) is 0 Å². The lowest BCUT2D eigenvalue weighted by Gasteiger charge is -2.07. The van der Waals surface area contributed by atoms with E-state index in [1.807, 2.05) is 19.2 Å². The molecule has 3 aromatic rings. The number of fused-ring (bicyclic) bond motifs is 1. The Kier molecular flexibility index (Phi) is 2.70. The fourth-order valence-corrected chi connectivity index (χ4v) is 2.80. The number of nitrogens with zero attached hydrogens (tertiary/aromatic N) is 4. The molecule has 0 bridgehead atoms. The van der Waals surface area contributed by atoms with Crippen LogP contribution in [-0.2, 0) is 13.5 Å². The lowest BCUT2D eigenvalue weighted by Crippen LogP contribution is -1.94. The quantitative estimate of drug-likeness (QED) is 0.782. The second-order valence-corrected chi connectivity index (χ2v) is 5.26. The third kappa shape index (κ3) is 2.07. The molecule has 1 aliphatic rings. The molecule has 2 aromatic carbocycles. The molecule has 0 saturated heterocycles. The van der Waals surface area contributed by atoms with Crippen LogP contribution in [0.25, 0.3) is 22.5 Å². The fraction of sp³-hybridized carbons (Fsp3) is 0.188. The van der Waals surface area contributed by atoms with Crippen LogP contribution in [0.2, 0.25) is 0 Å². The number of hydrogen-bond donors (Lipinski definition) is 1. The van der Waals surface area contributed by atoms with Crippen molar-refractivity contribution in [3.05, 3.63) is 48.0 Å². The Balaban J connectivity index is 1.78. The van der Waals surface area contributed by atoms with Crippen molar-refractivity contribution in [2.45, 2.75) is 6.42 Å². The van der Waals surface area contributed by atoms with E-state index in [1.54, 1.807) is 4.68 Å². The van der Waals surface area contributed by atoms with Crippen molar-refractivity contribution in [2.24, 2.45) is 7.05 Å². The van der Waals surface area contributed by atoms with E-state index in [9.17, 15) is 0 Å². The molecule has 0 aliphatic carbocycles. The maximum atomic E-state index is 4.07.